The van der Waals surface area contributed by atoms with Crippen LogP contribution in [0.2, 0.25) is 0 Å². The Labute approximate surface area is 124 Å². The summed E-state index contributed by atoms with van der Waals surface area (Å²) in [5.41, 5.74) is 0. The fraction of sp³-hybridized carbons (Fsp3) is 0.538. The van der Waals surface area contributed by atoms with E-state index < -0.39 is 35.8 Å². The van der Waals surface area contributed by atoms with E-state index in [4.69, 9.17) is 0 Å². The van der Waals surface area contributed by atoms with Crippen LogP contribution in [0.5, 0.6) is 0 Å². The van der Waals surface area contributed by atoms with Crippen molar-refractivity contribution in [2.24, 2.45) is 5.92 Å². The highest BCUT2D eigenvalue weighted by Crippen LogP contribution is 2.27. The smallest absolute Gasteiger partial charge is 0.228 e. The minimum absolute atomic E-state index is 0.00720. The molecule has 0 unspecified atom stereocenters. The topological polar surface area (TPSA) is 71.5 Å². The molecule has 0 radical (unpaired) electrons. The molecule has 1 aromatic rings. The van der Waals surface area contributed by atoms with Gasteiger partial charge in [-0.05, 0) is 18.1 Å². The predicted octanol–water partition coefficient (Wildman–Crippen LogP) is 1.27. The molecular formula is C13H18FNO4S2. The summed E-state index contributed by atoms with van der Waals surface area (Å²) in [5, 5.41) is -0.693. The summed E-state index contributed by atoms with van der Waals surface area (Å²) in [6.45, 7) is 3.38. The lowest BCUT2D eigenvalue weighted by Gasteiger charge is -2.37. The molecule has 0 spiro atoms. The molecule has 1 aromatic carbocycles. The largest absolute Gasteiger partial charge is 0.246 e. The number of sulfone groups is 1. The van der Waals surface area contributed by atoms with Gasteiger partial charge in [-0.25, -0.2) is 21.2 Å². The number of rotatable bonds is 5. The summed E-state index contributed by atoms with van der Waals surface area (Å²) in [6.07, 6.45) is 0. The summed E-state index contributed by atoms with van der Waals surface area (Å²) in [6, 6.07) is 5.09. The molecule has 1 heterocycles. The van der Waals surface area contributed by atoms with Crippen LogP contribution in [0.1, 0.15) is 13.8 Å². The number of hydrogen-bond donors (Lipinski definition) is 0. The van der Waals surface area contributed by atoms with Gasteiger partial charge in [0.05, 0.1) is 11.0 Å². The first kappa shape index (κ1) is 16.4. The fourth-order valence-corrected chi connectivity index (χ4v) is 6.02. The van der Waals surface area contributed by atoms with Gasteiger partial charge in [-0.1, -0.05) is 26.0 Å². The maximum atomic E-state index is 13.6. The van der Waals surface area contributed by atoms with Crippen LogP contribution in [0.25, 0.3) is 0 Å². The molecule has 1 aliphatic heterocycles. The summed E-state index contributed by atoms with van der Waals surface area (Å²) in [4.78, 5) is -0.412. The van der Waals surface area contributed by atoms with Gasteiger partial charge < -0.3 is 0 Å². The first-order valence-electron chi connectivity index (χ1n) is 6.61. The number of hydrogen-bond acceptors (Lipinski definition) is 4. The molecule has 21 heavy (non-hydrogen) atoms. The molecule has 8 heteroatoms. The normalized spacial score (nSPS) is 17.9. The lowest BCUT2D eigenvalue weighted by atomic mass is 10.3. The second kappa shape index (κ2) is 5.66. The van der Waals surface area contributed by atoms with Gasteiger partial charge in [0.1, 0.15) is 10.7 Å². The molecule has 5 nitrogen and oxygen atoms in total. The van der Waals surface area contributed by atoms with Crippen molar-refractivity contribution in [2.45, 2.75) is 24.0 Å². The average Bonchev–Trinajstić information content (AvgIpc) is 2.23. The molecule has 0 aliphatic carbocycles. The zero-order valence-electron chi connectivity index (χ0n) is 11.9. The fourth-order valence-electron chi connectivity index (χ4n) is 2.22. The molecule has 0 aromatic heterocycles. The maximum Gasteiger partial charge on any atom is 0.246 e. The van der Waals surface area contributed by atoms with E-state index in [-0.39, 0.29) is 24.8 Å². The Kier molecular flexibility index (Phi) is 4.41. The molecule has 0 bridgehead atoms. The van der Waals surface area contributed by atoms with Crippen molar-refractivity contribution >= 4 is 19.9 Å². The van der Waals surface area contributed by atoms with Gasteiger partial charge >= 0.3 is 0 Å². The third-order valence-electron chi connectivity index (χ3n) is 3.34. The maximum absolute atomic E-state index is 13.6. The van der Waals surface area contributed by atoms with Crippen molar-refractivity contribution < 1.29 is 21.2 Å². The lowest BCUT2D eigenvalue weighted by Crippen LogP contribution is -2.57. The summed E-state index contributed by atoms with van der Waals surface area (Å²) < 4.78 is 63.0. The zero-order chi connectivity index (χ0) is 15.8. The summed E-state index contributed by atoms with van der Waals surface area (Å²) in [5.74, 6) is -0.802. The lowest BCUT2D eigenvalue weighted by molar-refractivity contribution is 0.308. The highest BCUT2D eigenvalue weighted by Gasteiger charge is 2.44. The first-order chi connectivity index (χ1) is 9.64. The quantitative estimate of drug-likeness (QED) is 0.812. The molecule has 0 amide bonds. The zero-order valence-corrected chi connectivity index (χ0v) is 13.5. The summed E-state index contributed by atoms with van der Waals surface area (Å²) >= 11 is 0. The van der Waals surface area contributed by atoms with Gasteiger partial charge in [-0.2, -0.15) is 4.31 Å². The summed E-state index contributed by atoms with van der Waals surface area (Å²) in [7, 11) is -7.27. The van der Waals surface area contributed by atoms with E-state index in [1.54, 1.807) is 13.8 Å². The Morgan fingerprint density at radius 1 is 1.19 bits per heavy atom. The van der Waals surface area contributed by atoms with Crippen molar-refractivity contribution in [3.05, 3.63) is 30.1 Å². The Balaban J connectivity index is 2.13. The Morgan fingerprint density at radius 2 is 1.76 bits per heavy atom. The van der Waals surface area contributed by atoms with Crippen LogP contribution in [0.4, 0.5) is 4.39 Å². The number of nitrogens with zero attached hydrogens (tertiary/aromatic N) is 1. The molecule has 1 saturated heterocycles. The molecular weight excluding hydrogens is 317 g/mol. The molecule has 0 saturated carbocycles. The van der Waals surface area contributed by atoms with Crippen LogP contribution >= 0.6 is 0 Å². The van der Waals surface area contributed by atoms with Gasteiger partial charge in [0, 0.05) is 13.1 Å². The van der Waals surface area contributed by atoms with Crippen LogP contribution in [-0.4, -0.2) is 45.2 Å². The van der Waals surface area contributed by atoms with Crippen LogP contribution in [0.3, 0.4) is 0 Å². The monoisotopic (exact) mass is 335 g/mol. The predicted molar refractivity (Wildman–Crippen MR) is 77.6 cm³/mol. The first-order valence-corrected chi connectivity index (χ1v) is 9.76. The van der Waals surface area contributed by atoms with Crippen molar-refractivity contribution in [3.63, 3.8) is 0 Å². The highest BCUT2D eigenvalue weighted by molar-refractivity contribution is 7.92. The van der Waals surface area contributed by atoms with Crippen LogP contribution in [-0.2, 0) is 19.9 Å². The molecule has 0 N–H and O–H groups in total. The Morgan fingerprint density at radius 3 is 2.29 bits per heavy atom. The van der Waals surface area contributed by atoms with Crippen molar-refractivity contribution in [3.8, 4) is 0 Å². The minimum Gasteiger partial charge on any atom is -0.228 e. The third-order valence-corrected chi connectivity index (χ3v) is 7.65. The van der Waals surface area contributed by atoms with E-state index in [2.05, 4.69) is 0 Å². The highest BCUT2D eigenvalue weighted by atomic mass is 32.2. The van der Waals surface area contributed by atoms with Crippen molar-refractivity contribution in [1.82, 2.24) is 4.31 Å². The SMILES string of the molecule is CC(C)CS(=O)(=O)C1CN(S(=O)(=O)c2ccccc2F)C1. The van der Waals surface area contributed by atoms with E-state index in [9.17, 15) is 21.2 Å². The number of halogens is 1. The Bertz CT molecular complexity index is 722. The van der Waals surface area contributed by atoms with Crippen molar-refractivity contribution in [1.29, 1.82) is 0 Å². The molecule has 2 rings (SSSR count). The van der Waals surface area contributed by atoms with E-state index in [1.165, 1.54) is 18.2 Å². The second-order valence-electron chi connectivity index (χ2n) is 5.60. The van der Waals surface area contributed by atoms with Gasteiger partial charge in [0.25, 0.3) is 0 Å². The van der Waals surface area contributed by atoms with Crippen LogP contribution in [0.15, 0.2) is 29.2 Å². The average molecular weight is 335 g/mol. The van der Waals surface area contributed by atoms with Gasteiger partial charge in [-0.3, -0.25) is 0 Å². The van der Waals surface area contributed by atoms with Crippen molar-refractivity contribution in [2.75, 3.05) is 18.8 Å². The minimum atomic E-state index is -3.96. The van der Waals surface area contributed by atoms with E-state index in [0.717, 1.165) is 10.4 Å². The van der Waals surface area contributed by atoms with E-state index >= 15 is 0 Å². The number of sulfonamides is 1. The second-order valence-corrected chi connectivity index (χ2v) is 9.83. The van der Waals surface area contributed by atoms with Gasteiger partial charge in [0.15, 0.2) is 9.84 Å². The van der Waals surface area contributed by atoms with Crippen LogP contribution in [0, 0.1) is 11.7 Å². The molecule has 118 valence electrons. The van der Waals surface area contributed by atoms with E-state index in [1.807, 2.05) is 0 Å². The van der Waals surface area contributed by atoms with Crippen LogP contribution < -0.4 is 0 Å². The number of benzene rings is 1. The Hall–Kier alpha value is -0.990. The molecule has 1 fully saturated rings. The standard InChI is InChI=1S/C13H18FNO4S2/c1-10(2)9-20(16,17)11-7-15(8-11)21(18,19)13-6-4-3-5-12(13)14/h3-6,10-11H,7-9H2,1-2H3. The molecule has 0 atom stereocenters. The van der Waals surface area contributed by atoms with Gasteiger partial charge in [0.2, 0.25) is 10.0 Å². The van der Waals surface area contributed by atoms with E-state index in [0.29, 0.717) is 0 Å². The van der Waals surface area contributed by atoms with Gasteiger partial charge in [-0.15, -0.1) is 0 Å². The third kappa shape index (κ3) is 3.27. The molecule has 1 aliphatic rings.